The van der Waals surface area contributed by atoms with Crippen molar-refractivity contribution in [2.24, 2.45) is 0 Å². The van der Waals surface area contributed by atoms with E-state index in [-0.39, 0.29) is 24.2 Å². The molecule has 5 nitrogen and oxygen atoms in total. The third kappa shape index (κ3) is 3.86. The molecule has 1 heterocycles. The van der Waals surface area contributed by atoms with Crippen LogP contribution in [0.5, 0.6) is 0 Å². The molecule has 0 aliphatic rings. The van der Waals surface area contributed by atoms with Gasteiger partial charge in [-0.25, -0.2) is 0 Å². The zero-order valence-corrected chi connectivity index (χ0v) is 8.30. The highest BCUT2D eigenvalue weighted by Gasteiger charge is 2.03. The molecule has 2 N–H and O–H groups in total. The summed E-state index contributed by atoms with van der Waals surface area (Å²) in [7, 11) is 0. The summed E-state index contributed by atoms with van der Waals surface area (Å²) in [4.78, 5) is 25.4. The summed E-state index contributed by atoms with van der Waals surface area (Å²) in [5.41, 5.74) is 4.86. The molecule has 1 aromatic heterocycles. The molecule has 0 atom stereocenters. The van der Waals surface area contributed by atoms with Gasteiger partial charge in [0.2, 0.25) is 5.91 Å². The van der Waals surface area contributed by atoms with E-state index in [0.29, 0.717) is 5.56 Å². The van der Waals surface area contributed by atoms with Crippen molar-refractivity contribution in [1.82, 2.24) is 15.8 Å². The highest BCUT2D eigenvalue weighted by Crippen LogP contribution is 1.93. The number of carbonyl (C=O) groups excluding carboxylic acids is 2. The minimum atomic E-state index is -0.363. The Morgan fingerprint density at radius 3 is 2.29 bits per heavy atom. The van der Waals surface area contributed by atoms with Gasteiger partial charge >= 0.3 is 0 Å². The zero-order chi connectivity index (χ0) is 9.68. The van der Waals surface area contributed by atoms with Crippen LogP contribution in [0.1, 0.15) is 17.3 Å². The Labute approximate surface area is 87.3 Å². The van der Waals surface area contributed by atoms with Gasteiger partial charge < -0.3 is 0 Å². The fourth-order valence-electron chi connectivity index (χ4n) is 0.720. The lowest BCUT2D eigenvalue weighted by atomic mass is 10.3. The van der Waals surface area contributed by atoms with Gasteiger partial charge in [0.15, 0.2) is 0 Å². The molecule has 14 heavy (non-hydrogen) atoms. The van der Waals surface area contributed by atoms with Gasteiger partial charge in [0.1, 0.15) is 0 Å². The number of hydrogen-bond donors (Lipinski definition) is 2. The SMILES string of the molecule is CC(=O)NNC(=O)c1ccncc1.Cl. The van der Waals surface area contributed by atoms with Gasteiger partial charge in [-0.05, 0) is 12.1 Å². The highest BCUT2D eigenvalue weighted by atomic mass is 35.5. The number of amides is 2. The van der Waals surface area contributed by atoms with Gasteiger partial charge in [0.05, 0.1) is 0 Å². The van der Waals surface area contributed by atoms with Crippen LogP contribution in [0.3, 0.4) is 0 Å². The topological polar surface area (TPSA) is 71.1 Å². The summed E-state index contributed by atoms with van der Waals surface area (Å²) in [6, 6.07) is 3.11. The Hall–Kier alpha value is -1.62. The Morgan fingerprint density at radius 1 is 1.21 bits per heavy atom. The average molecular weight is 216 g/mol. The molecule has 1 rings (SSSR count). The maximum absolute atomic E-state index is 11.2. The van der Waals surface area contributed by atoms with Gasteiger partial charge in [0, 0.05) is 24.9 Å². The highest BCUT2D eigenvalue weighted by molar-refractivity contribution is 5.94. The van der Waals surface area contributed by atoms with E-state index in [1.54, 1.807) is 12.1 Å². The van der Waals surface area contributed by atoms with E-state index >= 15 is 0 Å². The summed E-state index contributed by atoms with van der Waals surface area (Å²) in [5, 5.41) is 0. The summed E-state index contributed by atoms with van der Waals surface area (Å²) in [6.45, 7) is 1.31. The van der Waals surface area contributed by atoms with Crippen LogP contribution < -0.4 is 10.9 Å². The van der Waals surface area contributed by atoms with E-state index in [0.717, 1.165) is 0 Å². The van der Waals surface area contributed by atoms with Crippen molar-refractivity contribution in [2.75, 3.05) is 0 Å². The molecule has 6 heteroatoms. The molecular weight excluding hydrogens is 206 g/mol. The smallest absolute Gasteiger partial charge is 0.269 e. The quantitative estimate of drug-likeness (QED) is 0.662. The lowest BCUT2D eigenvalue weighted by Crippen LogP contribution is -2.40. The molecule has 1 aromatic rings. The predicted molar refractivity (Wildman–Crippen MR) is 52.8 cm³/mol. The van der Waals surface area contributed by atoms with Crippen LogP contribution in [0.4, 0.5) is 0 Å². The Kier molecular flexibility index (Phi) is 5.24. The molecule has 0 bridgehead atoms. The molecular formula is C8H10ClN3O2. The first-order valence-electron chi connectivity index (χ1n) is 3.67. The van der Waals surface area contributed by atoms with Crippen molar-refractivity contribution in [3.05, 3.63) is 30.1 Å². The monoisotopic (exact) mass is 215 g/mol. The summed E-state index contributed by atoms with van der Waals surface area (Å²) < 4.78 is 0. The largest absolute Gasteiger partial charge is 0.274 e. The molecule has 0 saturated carbocycles. The lowest BCUT2D eigenvalue weighted by molar-refractivity contribution is -0.119. The van der Waals surface area contributed by atoms with Gasteiger partial charge in [-0.1, -0.05) is 0 Å². The number of aromatic nitrogens is 1. The van der Waals surface area contributed by atoms with Gasteiger partial charge in [-0.15, -0.1) is 12.4 Å². The number of hydrogen-bond acceptors (Lipinski definition) is 3. The number of halogens is 1. The first kappa shape index (κ1) is 12.4. The number of nitrogens with one attached hydrogen (secondary N) is 2. The Morgan fingerprint density at radius 2 is 1.79 bits per heavy atom. The van der Waals surface area contributed by atoms with Crippen molar-refractivity contribution < 1.29 is 9.59 Å². The van der Waals surface area contributed by atoms with Crippen LogP contribution >= 0.6 is 12.4 Å². The van der Waals surface area contributed by atoms with E-state index in [2.05, 4.69) is 15.8 Å². The second-order valence-corrected chi connectivity index (χ2v) is 2.37. The van der Waals surface area contributed by atoms with Crippen LogP contribution in [-0.4, -0.2) is 16.8 Å². The minimum Gasteiger partial charge on any atom is -0.274 e. The normalized spacial score (nSPS) is 8.36. The Bertz CT molecular complexity index is 316. The van der Waals surface area contributed by atoms with E-state index in [9.17, 15) is 9.59 Å². The van der Waals surface area contributed by atoms with Crippen LogP contribution in [-0.2, 0) is 4.79 Å². The van der Waals surface area contributed by atoms with Crippen molar-refractivity contribution in [2.45, 2.75) is 6.92 Å². The first-order valence-corrected chi connectivity index (χ1v) is 3.67. The van der Waals surface area contributed by atoms with Crippen LogP contribution in [0.15, 0.2) is 24.5 Å². The van der Waals surface area contributed by atoms with Gasteiger partial charge in [-0.2, -0.15) is 0 Å². The van der Waals surface area contributed by atoms with E-state index in [1.807, 2.05) is 0 Å². The number of pyridine rings is 1. The molecule has 0 radical (unpaired) electrons. The average Bonchev–Trinajstić information content (AvgIpc) is 2.15. The van der Waals surface area contributed by atoms with Gasteiger partial charge in [0.25, 0.3) is 5.91 Å². The summed E-state index contributed by atoms with van der Waals surface area (Å²) in [6.07, 6.45) is 3.01. The number of hydrazine groups is 1. The third-order valence-electron chi connectivity index (χ3n) is 1.29. The van der Waals surface area contributed by atoms with E-state index in [4.69, 9.17) is 0 Å². The zero-order valence-electron chi connectivity index (χ0n) is 7.48. The first-order chi connectivity index (χ1) is 6.20. The number of rotatable bonds is 1. The van der Waals surface area contributed by atoms with Crippen molar-refractivity contribution in [1.29, 1.82) is 0 Å². The fraction of sp³-hybridized carbons (Fsp3) is 0.125. The van der Waals surface area contributed by atoms with Crippen molar-refractivity contribution in [3.8, 4) is 0 Å². The van der Waals surface area contributed by atoms with Crippen molar-refractivity contribution >= 4 is 24.2 Å². The lowest BCUT2D eigenvalue weighted by Gasteiger charge is -2.03. The van der Waals surface area contributed by atoms with Crippen LogP contribution in [0, 0.1) is 0 Å². The Balaban J connectivity index is 0.00000169. The summed E-state index contributed by atoms with van der Waals surface area (Å²) in [5.74, 6) is -0.681. The molecule has 0 aliphatic carbocycles. The molecule has 0 aliphatic heterocycles. The molecule has 0 fully saturated rings. The molecule has 0 unspecified atom stereocenters. The van der Waals surface area contributed by atoms with Crippen molar-refractivity contribution in [3.63, 3.8) is 0 Å². The molecule has 76 valence electrons. The van der Waals surface area contributed by atoms with Crippen LogP contribution in [0.2, 0.25) is 0 Å². The standard InChI is InChI=1S/C8H9N3O2.ClH/c1-6(12)10-11-8(13)7-2-4-9-5-3-7;/h2-5H,1H3,(H,10,12)(H,11,13);1H. The molecule has 2 amide bonds. The second kappa shape index (κ2) is 5.93. The maximum atomic E-state index is 11.2. The molecule has 0 aromatic carbocycles. The molecule has 0 spiro atoms. The predicted octanol–water partition coefficient (Wildman–Crippen LogP) is 0.284. The second-order valence-electron chi connectivity index (χ2n) is 2.37. The third-order valence-corrected chi connectivity index (χ3v) is 1.29. The van der Waals surface area contributed by atoms with E-state index < -0.39 is 0 Å². The molecule has 0 saturated heterocycles. The minimum absolute atomic E-state index is 0. The number of nitrogens with zero attached hydrogens (tertiary/aromatic N) is 1. The maximum Gasteiger partial charge on any atom is 0.269 e. The van der Waals surface area contributed by atoms with E-state index in [1.165, 1.54) is 19.3 Å². The fourth-order valence-corrected chi connectivity index (χ4v) is 0.720. The van der Waals surface area contributed by atoms with Crippen LogP contribution in [0.25, 0.3) is 0 Å². The van der Waals surface area contributed by atoms with Gasteiger partial charge in [-0.3, -0.25) is 25.4 Å². The number of carbonyl (C=O) groups is 2. The summed E-state index contributed by atoms with van der Waals surface area (Å²) >= 11 is 0.